The first-order chi connectivity index (χ1) is 12.1. The molecular formula is C17H19ClN6O. The van der Waals surface area contributed by atoms with Gasteiger partial charge in [-0.2, -0.15) is 15.1 Å². The standard InChI is InChI=1S/C17H19ClN6O/c1-11-3-4-12(9-14(11)18)20-17-21-15-13(10-19-23(15)2)16(22-17)24-5-7-25-8-6-24/h3-4,9-10H,5-8H2,1-2H3,(H,20,21,22). The van der Waals surface area contributed by atoms with Crippen LogP contribution < -0.4 is 10.2 Å². The van der Waals surface area contributed by atoms with Gasteiger partial charge in [0.05, 0.1) is 24.8 Å². The summed E-state index contributed by atoms with van der Waals surface area (Å²) in [6, 6.07) is 5.81. The molecule has 0 bridgehead atoms. The second kappa shape index (κ2) is 6.50. The number of aryl methyl sites for hydroxylation is 2. The summed E-state index contributed by atoms with van der Waals surface area (Å²) in [7, 11) is 1.88. The summed E-state index contributed by atoms with van der Waals surface area (Å²) in [5, 5.41) is 9.24. The molecule has 1 aromatic carbocycles. The fourth-order valence-electron chi connectivity index (χ4n) is 2.88. The molecule has 0 spiro atoms. The summed E-state index contributed by atoms with van der Waals surface area (Å²) < 4.78 is 7.21. The van der Waals surface area contributed by atoms with E-state index in [0.717, 1.165) is 41.2 Å². The molecule has 3 heterocycles. The van der Waals surface area contributed by atoms with E-state index in [9.17, 15) is 0 Å². The average molecular weight is 359 g/mol. The molecule has 8 heteroatoms. The SMILES string of the molecule is Cc1ccc(Nc2nc(N3CCOCC3)c3cnn(C)c3n2)cc1Cl. The molecule has 0 radical (unpaired) electrons. The second-order valence-electron chi connectivity index (χ2n) is 6.06. The lowest BCUT2D eigenvalue weighted by atomic mass is 10.2. The zero-order chi connectivity index (χ0) is 17.4. The lowest BCUT2D eigenvalue weighted by molar-refractivity contribution is 0.122. The Morgan fingerprint density at radius 1 is 1.20 bits per heavy atom. The number of nitrogens with one attached hydrogen (secondary N) is 1. The number of hydrogen-bond acceptors (Lipinski definition) is 6. The predicted molar refractivity (Wildman–Crippen MR) is 98.8 cm³/mol. The highest BCUT2D eigenvalue weighted by Crippen LogP contribution is 2.28. The van der Waals surface area contributed by atoms with E-state index >= 15 is 0 Å². The number of fused-ring (bicyclic) bond motifs is 1. The summed E-state index contributed by atoms with van der Waals surface area (Å²) in [6.45, 7) is 4.97. The summed E-state index contributed by atoms with van der Waals surface area (Å²) in [5.74, 6) is 1.40. The molecular weight excluding hydrogens is 340 g/mol. The highest BCUT2D eigenvalue weighted by atomic mass is 35.5. The van der Waals surface area contributed by atoms with Gasteiger partial charge in [0, 0.05) is 30.8 Å². The number of ether oxygens (including phenoxy) is 1. The summed E-state index contributed by atoms with van der Waals surface area (Å²) in [4.78, 5) is 11.6. The average Bonchev–Trinajstić information content (AvgIpc) is 3.00. The molecule has 1 aliphatic rings. The van der Waals surface area contributed by atoms with Gasteiger partial charge in [-0.3, -0.25) is 4.68 Å². The van der Waals surface area contributed by atoms with Crippen LogP contribution in [0.1, 0.15) is 5.56 Å². The van der Waals surface area contributed by atoms with Crippen molar-refractivity contribution >= 4 is 40.1 Å². The molecule has 3 aromatic rings. The molecule has 130 valence electrons. The van der Waals surface area contributed by atoms with Crippen LogP contribution in [-0.4, -0.2) is 46.1 Å². The highest BCUT2D eigenvalue weighted by molar-refractivity contribution is 6.31. The highest BCUT2D eigenvalue weighted by Gasteiger charge is 2.19. The minimum Gasteiger partial charge on any atom is -0.378 e. The van der Waals surface area contributed by atoms with Gasteiger partial charge >= 0.3 is 0 Å². The van der Waals surface area contributed by atoms with Crippen molar-refractivity contribution in [3.8, 4) is 0 Å². The minimum atomic E-state index is 0.525. The van der Waals surface area contributed by atoms with Crippen molar-refractivity contribution in [1.29, 1.82) is 0 Å². The van der Waals surface area contributed by atoms with Gasteiger partial charge in [0.2, 0.25) is 5.95 Å². The maximum atomic E-state index is 6.22. The molecule has 1 aliphatic heterocycles. The third kappa shape index (κ3) is 3.12. The number of morpholine rings is 1. The van der Waals surface area contributed by atoms with Crippen LogP contribution in [0.2, 0.25) is 5.02 Å². The Morgan fingerprint density at radius 2 is 2.00 bits per heavy atom. The Hall–Kier alpha value is -2.38. The molecule has 7 nitrogen and oxygen atoms in total. The molecule has 0 atom stereocenters. The molecule has 1 N–H and O–H groups in total. The Bertz CT molecular complexity index is 919. The van der Waals surface area contributed by atoms with Gasteiger partial charge in [-0.1, -0.05) is 17.7 Å². The summed E-state index contributed by atoms with van der Waals surface area (Å²) in [5.41, 5.74) is 2.67. The molecule has 1 saturated heterocycles. The quantitative estimate of drug-likeness (QED) is 0.776. The van der Waals surface area contributed by atoms with E-state index < -0.39 is 0 Å². The van der Waals surface area contributed by atoms with Crippen LogP contribution in [0.25, 0.3) is 11.0 Å². The molecule has 0 unspecified atom stereocenters. The van der Waals surface area contributed by atoms with Gasteiger partial charge in [-0.05, 0) is 24.6 Å². The van der Waals surface area contributed by atoms with Crippen molar-refractivity contribution in [2.24, 2.45) is 7.05 Å². The zero-order valence-corrected chi connectivity index (χ0v) is 14.9. The topological polar surface area (TPSA) is 68.1 Å². The Labute approximate surface area is 150 Å². The van der Waals surface area contributed by atoms with Gasteiger partial charge in [-0.25, -0.2) is 0 Å². The van der Waals surface area contributed by atoms with Crippen LogP contribution in [0.5, 0.6) is 0 Å². The molecule has 0 aliphatic carbocycles. The fourth-order valence-corrected chi connectivity index (χ4v) is 3.06. The summed E-state index contributed by atoms with van der Waals surface area (Å²) >= 11 is 6.22. The number of benzene rings is 1. The number of anilines is 3. The molecule has 0 saturated carbocycles. The normalized spacial score (nSPS) is 14.9. The van der Waals surface area contributed by atoms with Gasteiger partial charge < -0.3 is 15.0 Å². The van der Waals surface area contributed by atoms with E-state index in [4.69, 9.17) is 21.3 Å². The first-order valence-electron chi connectivity index (χ1n) is 8.17. The minimum absolute atomic E-state index is 0.525. The monoisotopic (exact) mass is 358 g/mol. The first-order valence-corrected chi connectivity index (χ1v) is 8.55. The van der Waals surface area contributed by atoms with Crippen molar-refractivity contribution in [3.05, 3.63) is 35.0 Å². The van der Waals surface area contributed by atoms with Crippen molar-refractivity contribution in [2.75, 3.05) is 36.5 Å². The fraction of sp³-hybridized carbons (Fsp3) is 0.353. The first kappa shape index (κ1) is 16.1. The van der Waals surface area contributed by atoms with E-state index in [1.165, 1.54) is 0 Å². The third-order valence-corrected chi connectivity index (χ3v) is 4.72. The van der Waals surface area contributed by atoms with Gasteiger partial charge in [0.1, 0.15) is 5.82 Å². The van der Waals surface area contributed by atoms with E-state index in [-0.39, 0.29) is 0 Å². The van der Waals surface area contributed by atoms with Gasteiger partial charge in [0.25, 0.3) is 0 Å². The third-order valence-electron chi connectivity index (χ3n) is 4.31. The molecule has 2 aromatic heterocycles. The number of rotatable bonds is 3. The van der Waals surface area contributed by atoms with E-state index in [2.05, 4.69) is 20.3 Å². The number of aromatic nitrogens is 4. The van der Waals surface area contributed by atoms with Crippen molar-refractivity contribution in [3.63, 3.8) is 0 Å². The van der Waals surface area contributed by atoms with Crippen LogP contribution in [0.15, 0.2) is 24.4 Å². The lowest BCUT2D eigenvalue weighted by Gasteiger charge is -2.28. The Balaban J connectivity index is 1.75. The number of nitrogens with zero attached hydrogens (tertiary/aromatic N) is 5. The molecule has 0 amide bonds. The molecule has 1 fully saturated rings. The Morgan fingerprint density at radius 3 is 2.76 bits per heavy atom. The van der Waals surface area contributed by atoms with Crippen molar-refractivity contribution in [1.82, 2.24) is 19.7 Å². The number of hydrogen-bond donors (Lipinski definition) is 1. The lowest BCUT2D eigenvalue weighted by Crippen LogP contribution is -2.37. The van der Waals surface area contributed by atoms with Crippen LogP contribution in [-0.2, 0) is 11.8 Å². The maximum Gasteiger partial charge on any atom is 0.231 e. The van der Waals surface area contributed by atoms with Crippen molar-refractivity contribution < 1.29 is 4.74 Å². The molecule has 4 rings (SSSR count). The van der Waals surface area contributed by atoms with Crippen LogP contribution in [0, 0.1) is 6.92 Å². The largest absolute Gasteiger partial charge is 0.378 e. The van der Waals surface area contributed by atoms with Crippen molar-refractivity contribution in [2.45, 2.75) is 6.92 Å². The van der Waals surface area contributed by atoms with E-state index in [0.29, 0.717) is 24.2 Å². The summed E-state index contributed by atoms with van der Waals surface area (Å²) in [6.07, 6.45) is 1.81. The zero-order valence-electron chi connectivity index (χ0n) is 14.2. The molecule has 25 heavy (non-hydrogen) atoms. The smallest absolute Gasteiger partial charge is 0.231 e. The maximum absolute atomic E-state index is 6.22. The van der Waals surface area contributed by atoms with E-state index in [1.54, 1.807) is 4.68 Å². The Kier molecular flexibility index (Phi) is 4.19. The van der Waals surface area contributed by atoms with Crippen LogP contribution >= 0.6 is 11.6 Å². The predicted octanol–water partition coefficient (Wildman–Crippen LogP) is 2.91. The van der Waals surface area contributed by atoms with E-state index in [1.807, 2.05) is 38.4 Å². The van der Waals surface area contributed by atoms with Gasteiger partial charge in [-0.15, -0.1) is 0 Å². The van der Waals surface area contributed by atoms with Crippen LogP contribution in [0.3, 0.4) is 0 Å². The van der Waals surface area contributed by atoms with Crippen LogP contribution in [0.4, 0.5) is 17.5 Å². The second-order valence-corrected chi connectivity index (χ2v) is 6.47. The van der Waals surface area contributed by atoms with Gasteiger partial charge in [0.15, 0.2) is 5.65 Å². The number of halogens is 1.